The van der Waals surface area contributed by atoms with Crippen LogP contribution in [0.2, 0.25) is 5.02 Å². The van der Waals surface area contributed by atoms with Crippen molar-refractivity contribution in [2.75, 3.05) is 6.61 Å². The molecule has 1 aromatic rings. The van der Waals surface area contributed by atoms with E-state index in [1.807, 2.05) is 13.0 Å². The Bertz CT molecular complexity index is 377. The van der Waals surface area contributed by atoms with Crippen molar-refractivity contribution in [2.45, 2.75) is 19.2 Å². The fraction of sp³-hybridized carbons (Fsp3) is 0.364. The number of hydrogen-bond acceptors (Lipinski definition) is 2. The van der Waals surface area contributed by atoms with E-state index in [-0.39, 0.29) is 5.97 Å². The molecule has 0 aliphatic rings. The van der Waals surface area contributed by atoms with Gasteiger partial charge in [0.25, 0.3) is 0 Å². The molecule has 0 N–H and O–H groups in total. The molecule has 0 fully saturated rings. The number of alkyl halides is 1. The van der Waals surface area contributed by atoms with Crippen molar-refractivity contribution >= 4 is 33.5 Å². The summed E-state index contributed by atoms with van der Waals surface area (Å²) in [7, 11) is 0. The van der Waals surface area contributed by atoms with Crippen LogP contribution in [0, 0.1) is 6.92 Å². The van der Waals surface area contributed by atoms with Gasteiger partial charge in [0.2, 0.25) is 0 Å². The Balaban J connectivity index is 3.20. The lowest BCUT2D eigenvalue weighted by molar-refractivity contribution is 0.0525. The minimum absolute atomic E-state index is 0.322. The van der Waals surface area contributed by atoms with Crippen molar-refractivity contribution < 1.29 is 9.53 Å². The van der Waals surface area contributed by atoms with Crippen molar-refractivity contribution in [1.82, 2.24) is 0 Å². The Morgan fingerprint density at radius 3 is 2.73 bits per heavy atom. The molecule has 4 heteroatoms. The third-order valence-electron chi connectivity index (χ3n) is 2.07. The second kappa shape index (κ2) is 5.52. The zero-order valence-electron chi connectivity index (χ0n) is 8.64. The predicted molar refractivity (Wildman–Crippen MR) is 64.8 cm³/mol. The first-order valence-electron chi connectivity index (χ1n) is 4.62. The van der Waals surface area contributed by atoms with Crippen molar-refractivity contribution in [1.29, 1.82) is 0 Å². The van der Waals surface area contributed by atoms with Gasteiger partial charge in [-0.2, -0.15) is 0 Å². The summed E-state index contributed by atoms with van der Waals surface area (Å²) in [6.45, 7) is 4.07. The quantitative estimate of drug-likeness (QED) is 0.627. The van der Waals surface area contributed by atoms with Gasteiger partial charge in [-0.3, -0.25) is 0 Å². The molecule has 0 radical (unpaired) electrons. The van der Waals surface area contributed by atoms with Crippen LogP contribution in [0.15, 0.2) is 12.1 Å². The second-order valence-electron chi connectivity index (χ2n) is 3.10. The molecule has 0 spiro atoms. The van der Waals surface area contributed by atoms with E-state index in [2.05, 4.69) is 15.9 Å². The summed E-state index contributed by atoms with van der Waals surface area (Å²) in [5, 5.41) is 1.17. The van der Waals surface area contributed by atoms with E-state index >= 15 is 0 Å². The van der Waals surface area contributed by atoms with Gasteiger partial charge in [0.15, 0.2) is 0 Å². The summed E-state index contributed by atoms with van der Waals surface area (Å²) in [5.41, 5.74) is 2.46. The maximum atomic E-state index is 11.6. The SMILES string of the molecule is CCOC(=O)c1cc(Cl)cc(C)c1CBr. The van der Waals surface area contributed by atoms with Gasteiger partial charge in [-0.05, 0) is 37.1 Å². The van der Waals surface area contributed by atoms with Gasteiger partial charge >= 0.3 is 5.97 Å². The second-order valence-corrected chi connectivity index (χ2v) is 4.10. The fourth-order valence-electron chi connectivity index (χ4n) is 1.34. The highest BCUT2D eigenvalue weighted by atomic mass is 79.9. The van der Waals surface area contributed by atoms with Crippen LogP contribution in [-0.2, 0) is 10.1 Å². The highest BCUT2D eigenvalue weighted by Crippen LogP contribution is 2.23. The highest BCUT2D eigenvalue weighted by Gasteiger charge is 2.14. The van der Waals surface area contributed by atoms with E-state index in [0.717, 1.165) is 11.1 Å². The van der Waals surface area contributed by atoms with E-state index in [0.29, 0.717) is 22.5 Å². The van der Waals surface area contributed by atoms with Gasteiger partial charge in [-0.15, -0.1) is 0 Å². The average Bonchev–Trinajstić information content (AvgIpc) is 2.17. The number of rotatable bonds is 3. The van der Waals surface area contributed by atoms with Crippen LogP contribution in [0.3, 0.4) is 0 Å². The Morgan fingerprint density at radius 2 is 2.20 bits per heavy atom. The number of carbonyl (C=O) groups excluding carboxylic acids is 1. The topological polar surface area (TPSA) is 26.3 Å². The maximum absolute atomic E-state index is 11.6. The molecule has 0 aromatic heterocycles. The summed E-state index contributed by atoms with van der Waals surface area (Å²) >= 11 is 9.25. The molecule has 0 saturated carbocycles. The molecule has 2 nitrogen and oxygen atoms in total. The molecule has 0 amide bonds. The first kappa shape index (κ1) is 12.5. The monoisotopic (exact) mass is 290 g/mol. The summed E-state index contributed by atoms with van der Waals surface area (Å²) < 4.78 is 4.96. The molecule has 1 rings (SSSR count). The number of hydrogen-bond donors (Lipinski definition) is 0. The normalized spacial score (nSPS) is 10.1. The van der Waals surface area contributed by atoms with Crippen molar-refractivity contribution in [3.05, 3.63) is 33.8 Å². The van der Waals surface area contributed by atoms with Crippen LogP contribution in [0.5, 0.6) is 0 Å². The summed E-state index contributed by atoms with van der Waals surface area (Å²) in [6, 6.07) is 3.48. The zero-order valence-corrected chi connectivity index (χ0v) is 11.0. The van der Waals surface area contributed by atoms with Gasteiger partial charge in [-0.1, -0.05) is 27.5 Å². The van der Waals surface area contributed by atoms with E-state index < -0.39 is 0 Å². The third kappa shape index (κ3) is 2.95. The van der Waals surface area contributed by atoms with E-state index in [9.17, 15) is 4.79 Å². The maximum Gasteiger partial charge on any atom is 0.338 e. The van der Waals surface area contributed by atoms with Crippen LogP contribution >= 0.6 is 27.5 Å². The fourth-order valence-corrected chi connectivity index (χ4v) is 2.36. The molecule has 0 saturated heterocycles. The molecule has 0 aliphatic carbocycles. The van der Waals surface area contributed by atoms with Crippen LogP contribution in [0.4, 0.5) is 0 Å². The third-order valence-corrected chi connectivity index (χ3v) is 2.85. The van der Waals surface area contributed by atoms with E-state index in [1.54, 1.807) is 13.0 Å². The number of carbonyl (C=O) groups is 1. The number of benzene rings is 1. The average molecular weight is 292 g/mol. The molecule has 82 valence electrons. The molecule has 0 heterocycles. The standard InChI is InChI=1S/C11H12BrClO2/c1-3-15-11(14)9-5-8(13)4-7(2)10(9)6-12/h4-5H,3,6H2,1-2H3. The van der Waals surface area contributed by atoms with Gasteiger partial charge < -0.3 is 4.74 Å². The summed E-state index contributed by atoms with van der Waals surface area (Å²) in [5.74, 6) is -0.322. The molecule has 0 aliphatic heterocycles. The van der Waals surface area contributed by atoms with Gasteiger partial charge in [0.05, 0.1) is 12.2 Å². The Labute approximate surface area is 103 Å². The van der Waals surface area contributed by atoms with Crippen LogP contribution in [0.1, 0.15) is 28.4 Å². The Morgan fingerprint density at radius 1 is 1.53 bits per heavy atom. The van der Waals surface area contributed by atoms with Crippen LogP contribution in [0.25, 0.3) is 0 Å². The van der Waals surface area contributed by atoms with E-state index in [4.69, 9.17) is 16.3 Å². The number of esters is 1. The zero-order chi connectivity index (χ0) is 11.4. The minimum Gasteiger partial charge on any atom is -0.462 e. The van der Waals surface area contributed by atoms with Crippen molar-refractivity contribution in [2.24, 2.45) is 0 Å². The Kier molecular flexibility index (Phi) is 4.61. The molecule has 15 heavy (non-hydrogen) atoms. The molecular weight excluding hydrogens is 279 g/mol. The van der Waals surface area contributed by atoms with Crippen LogP contribution < -0.4 is 0 Å². The number of ether oxygens (including phenoxy) is 1. The predicted octanol–water partition coefficient (Wildman–Crippen LogP) is 3.72. The Hall–Kier alpha value is -0.540. The lowest BCUT2D eigenvalue weighted by Crippen LogP contribution is -2.08. The minimum atomic E-state index is -0.322. The molecule has 0 bridgehead atoms. The van der Waals surface area contributed by atoms with Gasteiger partial charge in [0, 0.05) is 10.4 Å². The lowest BCUT2D eigenvalue weighted by atomic mass is 10.0. The summed E-state index contributed by atoms with van der Waals surface area (Å²) in [6.07, 6.45) is 0. The molecule has 0 atom stereocenters. The summed E-state index contributed by atoms with van der Waals surface area (Å²) in [4.78, 5) is 11.6. The van der Waals surface area contributed by atoms with Crippen molar-refractivity contribution in [3.63, 3.8) is 0 Å². The first-order chi connectivity index (χ1) is 7.10. The number of aryl methyl sites for hydroxylation is 1. The smallest absolute Gasteiger partial charge is 0.338 e. The highest BCUT2D eigenvalue weighted by molar-refractivity contribution is 9.08. The van der Waals surface area contributed by atoms with Crippen molar-refractivity contribution in [3.8, 4) is 0 Å². The van der Waals surface area contributed by atoms with Crippen LogP contribution in [-0.4, -0.2) is 12.6 Å². The molecule has 0 unspecified atom stereocenters. The number of halogens is 2. The largest absolute Gasteiger partial charge is 0.462 e. The van der Waals surface area contributed by atoms with Gasteiger partial charge in [-0.25, -0.2) is 4.79 Å². The molecular formula is C11H12BrClO2. The lowest BCUT2D eigenvalue weighted by Gasteiger charge is -2.10. The molecule has 1 aromatic carbocycles. The first-order valence-corrected chi connectivity index (χ1v) is 6.12. The van der Waals surface area contributed by atoms with Gasteiger partial charge in [0.1, 0.15) is 0 Å². The van der Waals surface area contributed by atoms with E-state index in [1.165, 1.54) is 0 Å².